The minimum Gasteiger partial charge on any atom is -0.392 e. The Bertz CT molecular complexity index is 310. The largest absolute Gasteiger partial charge is 0.392 e. The van der Waals surface area contributed by atoms with Crippen molar-refractivity contribution in [1.29, 1.82) is 0 Å². The lowest BCUT2D eigenvalue weighted by Crippen LogP contribution is -2.27. The Morgan fingerprint density at radius 3 is 2.41 bits per heavy atom. The molecule has 2 N–H and O–H groups in total. The van der Waals surface area contributed by atoms with Crippen LogP contribution in [0.5, 0.6) is 0 Å². The highest BCUT2D eigenvalue weighted by atomic mass is 32.2. The maximum absolute atomic E-state index is 11.9. The number of carbonyl (C=O) groups is 2. The first kappa shape index (κ1) is 21.4. The first-order valence-electron chi connectivity index (χ1n) is 8.64. The van der Waals surface area contributed by atoms with Gasteiger partial charge in [-0.25, -0.2) is 0 Å². The molecule has 4 nitrogen and oxygen atoms in total. The van der Waals surface area contributed by atoms with Crippen LogP contribution in [0, 0.1) is 5.92 Å². The fourth-order valence-corrected chi connectivity index (χ4v) is 2.98. The molecular formula is C17H33NO3S. The van der Waals surface area contributed by atoms with E-state index in [1.165, 1.54) is 31.0 Å². The molecule has 0 aliphatic rings. The monoisotopic (exact) mass is 331 g/mol. The van der Waals surface area contributed by atoms with Crippen LogP contribution in [-0.2, 0) is 9.59 Å². The molecule has 0 saturated heterocycles. The third-order valence-electron chi connectivity index (χ3n) is 3.71. The third-order valence-corrected chi connectivity index (χ3v) is 4.77. The van der Waals surface area contributed by atoms with E-state index < -0.39 is 6.10 Å². The van der Waals surface area contributed by atoms with Crippen LogP contribution in [0.25, 0.3) is 0 Å². The summed E-state index contributed by atoms with van der Waals surface area (Å²) in [7, 11) is 0. The number of nitrogens with one attached hydrogen (secondary N) is 1. The summed E-state index contributed by atoms with van der Waals surface area (Å²) in [4.78, 5) is 23.5. The summed E-state index contributed by atoms with van der Waals surface area (Å²) >= 11 is 1.20. The lowest BCUT2D eigenvalue weighted by atomic mass is 10.0. The second-order valence-corrected chi connectivity index (χ2v) is 6.93. The van der Waals surface area contributed by atoms with Gasteiger partial charge >= 0.3 is 0 Å². The highest BCUT2D eigenvalue weighted by Crippen LogP contribution is 2.17. The molecule has 0 rings (SSSR count). The second kappa shape index (κ2) is 14.1. The van der Waals surface area contributed by atoms with Crippen molar-refractivity contribution in [2.24, 2.45) is 5.92 Å². The van der Waals surface area contributed by atoms with E-state index in [9.17, 15) is 14.7 Å². The molecule has 2 unspecified atom stereocenters. The molecule has 130 valence electrons. The Morgan fingerprint density at radius 2 is 1.77 bits per heavy atom. The van der Waals surface area contributed by atoms with Gasteiger partial charge in [0.05, 0.1) is 12.0 Å². The number of aliphatic hydroxyl groups excluding tert-OH is 1. The molecule has 0 radical (unpaired) electrons. The number of aliphatic hydroxyl groups is 1. The number of thioether (sulfide) groups is 1. The minimum absolute atomic E-state index is 0.00904. The number of rotatable bonds is 13. The molecular weight excluding hydrogens is 298 g/mol. The molecule has 0 aliphatic carbocycles. The third kappa shape index (κ3) is 11.1. The molecule has 0 aromatic heterocycles. The molecule has 2 atom stereocenters. The Morgan fingerprint density at radius 1 is 1.09 bits per heavy atom. The van der Waals surface area contributed by atoms with Crippen LogP contribution in [0.3, 0.4) is 0 Å². The molecule has 0 aliphatic heterocycles. The summed E-state index contributed by atoms with van der Waals surface area (Å²) in [5, 5.41) is 12.6. The maximum atomic E-state index is 11.9. The Balaban J connectivity index is 3.62. The van der Waals surface area contributed by atoms with Crippen molar-refractivity contribution in [3.8, 4) is 0 Å². The van der Waals surface area contributed by atoms with Crippen LogP contribution in [0.1, 0.15) is 72.1 Å². The maximum Gasteiger partial charge on any atom is 0.220 e. The summed E-state index contributed by atoms with van der Waals surface area (Å²) < 4.78 is 0. The number of carbonyl (C=O) groups excluding carboxylic acids is 2. The lowest BCUT2D eigenvalue weighted by Gasteiger charge is -2.16. The van der Waals surface area contributed by atoms with E-state index in [2.05, 4.69) is 12.2 Å². The number of hydrogen-bond acceptors (Lipinski definition) is 4. The summed E-state index contributed by atoms with van der Waals surface area (Å²) in [6, 6.07) is 0. The van der Waals surface area contributed by atoms with Gasteiger partial charge in [0.1, 0.15) is 0 Å². The topological polar surface area (TPSA) is 66.4 Å². The van der Waals surface area contributed by atoms with Crippen LogP contribution in [0.4, 0.5) is 0 Å². The average molecular weight is 332 g/mol. The van der Waals surface area contributed by atoms with Gasteiger partial charge in [0.15, 0.2) is 5.12 Å². The highest BCUT2D eigenvalue weighted by molar-refractivity contribution is 8.13. The molecule has 0 aromatic carbocycles. The fraction of sp³-hybridized carbons (Fsp3) is 0.882. The van der Waals surface area contributed by atoms with Gasteiger partial charge < -0.3 is 10.4 Å². The second-order valence-electron chi connectivity index (χ2n) is 5.83. The van der Waals surface area contributed by atoms with Gasteiger partial charge in [0.2, 0.25) is 5.91 Å². The molecule has 1 amide bonds. The van der Waals surface area contributed by atoms with Crippen molar-refractivity contribution in [3.63, 3.8) is 0 Å². The van der Waals surface area contributed by atoms with E-state index in [-0.39, 0.29) is 16.9 Å². The molecule has 0 saturated carbocycles. The van der Waals surface area contributed by atoms with E-state index in [0.717, 1.165) is 19.3 Å². The smallest absolute Gasteiger partial charge is 0.220 e. The van der Waals surface area contributed by atoms with Gasteiger partial charge in [-0.2, -0.15) is 0 Å². The molecule has 22 heavy (non-hydrogen) atoms. The highest BCUT2D eigenvalue weighted by Gasteiger charge is 2.21. The van der Waals surface area contributed by atoms with E-state index in [0.29, 0.717) is 25.1 Å². The number of hydrogen-bond donors (Lipinski definition) is 2. The zero-order chi connectivity index (χ0) is 16.8. The molecule has 0 bridgehead atoms. The Kier molecular flexibility index (Phi) is 13.7. The quantitative estimate of drug-likeness (QED) is 0.507. The Hall–Kier alpha value is -0.550. The van der Waals surface area contributed by atoms with E-state index in [4.69, 9.17) is 0 Å². The van der Waals surface area contributed by atoms with Crippen molar-refractivity contribution in [2.45, 2.75) is 78.2 Å². The van der Waals surface area contributed by atoms with Gasteiger partial charge in [-0.15, -0.1) is 0 Å². The van der Waals surface area contributed by atoms with E-state index in [1.54, 1.807) is 6.92 Å². The molecule has 5 heteroatoms. The van der Waals surface area contributed by atoms with Gasteiger partial charge in [0.25, 0.3) is 0 Å². The number of unbranched alkanes of at least 4 members (excludes halogenated alkanes) is 4. The van der Waals surface area contributed by atoms with Crippen LogP contribution < -0.4 is 5.32 Å². The van der Waals surface area contributed by atoms with Crippen LogP contribution >= 0.6 is 11.8 Å². The predicted molar refractivity (Wildman–Crippen MR) is 93.9 cm³/mol. The number of amides is 1. The van der Waals surface area contributed by atoms with Gasteiger partial charge in [0, 0.05) is 18.7 Å². The normalized spacial score (nSPS) is 13.6. The molecule has 0 aromatic rings. The van der Waals surface area contributed by atoms with Crippen LogP contribution in [-0.4, -0.2) is 34.5 Å². The van der Waals surface area contributed by atoms with E-state index >= 15 is 0 Å². The summed E-state index contributed by atoms with van der Waals surface area (Å²) in [6.45, 7) is 6.45. The standard InChI is InChI=1S/C17H33NO3S/c1-4-6-7-8-9-11-16(20)18-12-13-22-17(21)14(3)15(19)10-5-2/h14-15,19H,4-13H2,1-3H3,(H,18,20). The Labute approximate surface area is 139 Å². The van der Waals surface area contributed by atoms with Gasteiger partial charge in [-0.1, -0.05) is 64.6 Å². The average Bonchev–Trinajstić information content (AvgIpc) is 2.50. The van der Waals surface area contributed by atoms with Crippen molar-refractivity contribution in [1.82, 2.24) is 5.32 Å². The van der Waals surface area contributed by atoms with Crippen molar-refractivity contribution >= 4 is 22.8 Å². The van der Waals surface area contributed by atoms with Crippen molar-refractivity contribution in [2.75, 3.05) is 12.3 Å². The molecule has 0 spiro atoms. The van der Waals surface area contributed by atoms with Crippen molar-refractivity contribution < 1.29 is 14.7 Å². The zero-order valence-corrected chi connectivity index (χ0v) is 15.2. The minimum atomic E-state index is -0.553. The zero-order valence-electron chi connectivity index (χ0n) is 14.4. The molecule has 0 heterocycles. The summed E-state index contributed by atoms with van der Waals surface area (Å²) in [5.74, 6) is 0.312. The van der Waals surface area contributed by atoms with Crippen LogP contribution in [0.15, 0.2) is 0 Å². The molecule has 0 fully saturated rings. The van der Waals surface area contributed by atoms with Gasteiger partial charge in [-0.3, -0.25) is 9.59 Å². The first-order chi connectivity index (χ1) is 10.5. The van der Waals surface area contributed by atoms with Gasteiger partial charge in [-0.05, 0) is 12.8 Å². The first-order valence-corrected chi connectivity index (χ1v) is 9.62. The van der Waals surface area contributed by atoms with Crippen LogP contribution in [0.2, 0.25) is 0 Å². The fourth-order valence-electron chi connectivity index (χ4n) is 2.15. The summed E-state index contributed by atoms with van der Waals surface area (Å²) in [5.41, 5.74) is 0. The van der Waals surface area contributed by atoms with E-state index in [1.807, 2.05) is 6.92 Å². The summed E-state index contributed by atoms with van der Waals surface area (Å²) in [6.07, 6.45) is 7.26. The predicted octanol–water partition coefficient (Wildman–Crippen LogP) is 3.52. The lowest BCUT2D eigenvalue weighted by molar-refractivity contribution is -0.121. The SMILES string of the molecule is CCCCCCCC(=O)NCCSC(=O)C(C)C(O)CCC. The van der Waals surface area contributed by atoms with Crippen molar-refractivity contribution in [3.05, 3.63) is 0 Å².